The molecule has 0 radical (unpaired) electrons. The summed E-state index contributed by atoms with van der Waals surface area (Å²) in [6.45, 7) is 6.35. The van der Waals surface area contributed by atoms with Gasteiger partial charge in [0.15, 0.2) is 5.11 Å². The molecule has 8 heteroatoms. The maximum atomic E-state index is 13.1. The Bertz CT molecular complexity index is 1050. The van der Waals surface area contributed by atoms with Crippen LogP contribution in [0.1, 0.15) is 12.5 Å². The minimum absolute atomic E-state index is 0.0187. The quantitative estimate of drug-likeness (QED) is 0.274. The first-order valence-electron chi connectivity index (χ1n) is 9.12. The van der Waals surface area contributed by atoms with E-state index < -0.39 is 11.8 Å². The lowest BCUT2D eigenvalue weighted by molar-refractivity contribution is -0.122. The van der Waals surface area contributed by atoms with Gasteiger partial charge in [0.05, 0.1) is 16.8 Å². The first-order valence-corrected chi connectivity index (χ1v) is 10.3. The predicted octanol–water partition coefficient (Wildman–Crippen LogP) is 4.24. The minimum Gasteiger partial charge on any atom is -0.494 e. The molecule has 154 valence electrons. The molecule has 2 aromatic rings. The maximum Gasteiger partial charge on any atom is 0.270 e. The van der Waals surface area contributed by atoms with Gasteiger partial charge in [0.2, 0.25) is 0 Å². The molecule has 0 atom stereocenters. The molecular formula is C22H19BrN2O4S. The zero-order valence-electron chi connectivity index (χ0n) is 16.2. The first kappa shape index (κ1) is 21.7. The Hall–Kier alpha value is -2.97. The molecule has 2 amide bonds. The number of hydrogen-bond donors (Lipinski definition) is 1. The Morgan fingerprint density at radius 2 is 2.00 bits per heavy atom. The summed E-state index contributed by atoms with van der Waals surface area (Å²) < 4.78 is 11.7. The van der Waals surface area contributed by atoms with Crippen molar-refractivity contribution in [1.82, 2.24) is 5.32 Å². The maximum absolute atomic E-state index is 13.1. The molecule has 0 spiro atoms. The van der Waals surface area contributed by atoms with Crippen molar-refractivity contribution < 1.29 is 19.1 Å². The van der Waals surface area contributed by atoms with Gasteiger partial charge in [0.1, 0.15) is 23.7 Å². The number of nitrogens with one attached hydrogen (secondary N) is 1. The predicted molar refractivity (Wildman–Crippen MR) is 124 cm³/mol. The van der Waals surface area contributed by atoms with Crippen molar-refractivity contribution in [1.29, 1.82) is 0 Å². The largest absolute Gasteiger partial charge is 0.494 e. The smallest absolute Gasteiger partial charge is 0.270 e. The minimum atomic E-state index is -0.551. The van der Waals surface area contributed by atoms with Crippen LogP contribution >= 0.6 is 28.1 Å². The van der Waals surface area contributed by atoms with Crippen LogP contribution in [0.5, 0.6) is 11.5 Å². The van der Waals surface area contributed by atoms with Gasteiger partial charge in [-0.1, -0.05) is 24.8 Å². The zero-order valence-corrected chi connectivity index (χ0v) is 18.6. The summed E-state index contributed by atoms with van der Waals surface area (Å²) in [5, 5.41) is 2.59. The van der Waals surface area contributed by atoms with E-state index in [2.05, 4.69) is 27.8 Å². The third-order valence-electron chi connectivity index (χ3n) is 4.11. The molecule has 2 aromatic carbocycles. The molecule has 1 heterocycles. The van der Waals surface area contributed by atoms with Gasteiger partial charge in [0, 0.05) is 6.07 Å². The van der Waals surface area contributed by atoms with E-state index in [9.17, 15) is 9.59 Å². The molecule has 1 fully saturated rings. The second-order valence-electron chi connectivity index (χ2n) is 6.18. The van der Waals surface area contributed by atoms with Crippen molar-refractivity contribution in [3.8, 4) is 11.5 Å². The molecule has 1 aliphatic rings. The van der Waals surface area contributed by atoms with E-state index in [1.54, 1.807) is 48.5 Å². The highest BCUT2D eigenvalue weighted by molar-refractivity contribution is 9.10. The van der Waals surface area contributed by atoms with Gasteiger partial charge < -0.3 is 9.47 Å². The first-order chi connectivity index (χ1) is 14.4. The summed E-state index contributed by atoms with van der Waals surface area (Å²) in [4.78, 5) is 26.9. The van der Waals surface area contributed by atoms with Crippen LogP contribution in [-0.2, 0) is 9.59 Å². The van der Waals surface area contributed by atoms with Crippen molar-refractivity contribution in [2.24, 2.45) is 0 Å². The van der Waals surface area contributed by atoms with Crippen LogP contribution in [-0.4, -0.2) is 30.1 Å². The molecule has 0 aliphatic carbocycles. The van der Waals surface area contributed by atoms with Crippen LogP contribution in [0, 0.1) is 0 Å². The summed E-state index contributed by atoms with van der Waals surface area (Å²) in [6.07, 6.45) is 3.16. The Kier molecular flexibility index (Phi) is 7.02. The lowest BCUT2D eigenvalue weighted by atomic mass is 10.1. The van der Waals surface area contributed by atoms with Gasteiger partial charge in [-0.2, -0.15) is 0 Å². The molecule has 1 saturated heterocycles. The number of halogens is 1. The van der Waals surface area contributed by atoms with Crippen LogP contribution in [0.2, 0.25) is 0 Å². The highest BCUT2D eigenvalue weighted by atomic mass is 79.9. The van der Waals surface area contributed by atoms with E-state index in [0.29, 0.717) is 40.4 Å². The summed E-state index contributed by atoms with van der Waals surface area (Å²) in [6, 6.07) is 12.2. The lowest BCUT2D eigenvalue weighted by Gasteiger charge is -2.29. The molecule has 1 N–H and O–H groups in total. The SMILES string of the molecule is C=CCOc1ccc(C=C2C(=O)NC(=S)N(c3cccc(OCC)c3)C2=O)cc1Br. The van der Waals surface area contributed by atoms with Crippen LogP contribution < -0.4 is 19.7 Å². The van der Waals surface area contributed by atoms with E-state index in [0.717, 1.165) is 0 Å². The second kappa shape index (κ2) is 9.69. The number of ether oxygens (including phenoxy) is 2. The number of hydrogen-bond acceptors (Lipinski definition) is 5. The van der Waals surface area contributed by atoms with Crippen molar-refractivity contribution in [2.45, 2.75) is 6.92 Å². The topological polar surface area (TPSA) is 67.9 Å². The highest BCUT2D eigenvalue weighted by Crippen LogP contribution is 2.29. The third kappa shape index (κ3) is 4.77. The van der Waals surface area contributed by atoms with Crippen LogP contribution in [0.3, 0.4) is 0 Å². The van der Waals surface area contributed by atoms with Gasteiger partial charge >= 0.3 is 0 Å². The standard InChI is InChI=1S/C22H19BrN2O4S/c1-3-10-29-19-9-8-14(12-18(19)23)11-17-20(26)24-22(30)25(21(17)27)15-6-5-7-16(13-15)28-4-2/h3,5-9,11-13H,1,4,10H2,2H3,(H,24,26,30). The summed E-state index contributed by atoms with van der Waals surface area (Å²) in [7, 11) is 0. The van der Waals surface area contributed by atoms with E-state index in [1.165, 1.54) is 11.0 Å². The summed E-state index contributed by atoms with van der Waals surface area (Å²) >= 11 is 8.67. The number of carbonyl (C=O) groups is 2. The van der Waals surface area contributed by atoms with E-state index >= 15 is 0 Å². The van der Waals surface area contributed by atoms with Crippen LogP contribution in [0.25, 0.3) is 6.08 Å². The van der Waals surface area contributed by atoms with Gasteiger partial charge in [0.25, 0.3) is 11.8 Å². The monoisotopic (exact) mass is 486 g/mol. The number of thiocarbonyl (C=S) groups is 1. The van der Waals surface area contributed by atoms with Crippen molar-refractivity contribution in [3.05, 3.63) is 70.7 Å². The highest BCUT2D eigenvalue weighted by Gasteiger charge is 2.34. The van der Waals surface area contributed by atoms with Gasteiger partial charge in [-0.25, -0.2) is 0 Å². The van der Waals surface area contributed by atoms with E-state index in [4.69, 9.17) is 21.7 Å². The third-order valence-corrected chi connectivity index (χ3v) is 5.02. The molecule has 3 rings (SSSR count). The Labute approximate surface area is 188 Å². The fourth-order valence-electron chi connectivity index (χ4n) is 2.81. The normalized spacial score (nSPS) is 15.2. The van der Waals surface area contributed by atoms with Crippen molar-refractivity contribution in [3.63, 3.8) is 0 Å². The number of amides is 2. The number of benzene rings is 2. The van der Waals surface area contributed by atoms with Crippen molar-refractivity contribution in [2.75, 3.05) is 18.1 Å². The molecule has 1 aliphatic heterocycles. The average Bonchev–Trinajstić information content (AvgIpc) is 2.71. The number of nitrogens with zero attached hydrogens (tertiary/aromatic N) is 1. The van der Waals surface area contributed by atoms with Crippen LogP contribution in [0.4, 0.5) is 5.69 Å². The fraction of sp³-hybridized carbons (Fsp3) is 0.136. The molecule has 6 nitrogen and oxygen atoms in total. The zero-order chi connectivity index (χ0) is 21.7. The molecule has 0 saturated carbocycles. The number of rotatable bonds is 7. The Morgan fingerprint density at radius 3 is 2.70 bits per heavy atom. The number of anilines is 1. The molecule has 0 aromatic heterocycles. The number of carbonyl (C=O) groups excluding carboxylic acids is 2. The lowest BCUT2D eigenvalue weighted by Crippen LogP contribution is -2.54. The second-order valence-corrected chi connectivity index (χ2v) is 7.42. The van der Waals surface area contributed by atoms with Crippen molar-refractivity contribution >= 4 is 56.8 Å². The average molecular weight is 487 g/mol. The molecule has 30 heavy (non-hydrogen) atoms. The Morgan fingerprint density at radius 1 is 1.20 bits per heavy atom. The summed E-state index contributed by atoms with van der Waals surface area (Å²) in [5.74, 6) is 0.171. The van der Waals surface area contributed by atoms with E-state index in [1.807, 2.05) is 6.92 Å². The van der Waals surface area contributed by atoms with Crippen LogP contribution in [0.15, 0.2) is 65.2 Å². The molecule has 0 unspecified atom stereocenters. The molecular weight excluding hydrogens is 468 g/mol. The van der Waals surface area contributed by atoms with Gasteiger partial charge in [-0.15, -0.1) is 0 Å². The van der Waals surface area contributed by atoms with Gasteiger partial charge in [-0.05, 0) is 71.0 Å². The Balaban J connectivity index is 1.93. The fourth-order valence-corrected chi connectivity index (χ4v) is 3.60. The summed E-state index contributed by atoms with van der Waals surface area (Å²) in [5.41, 5.74) is 1.13. The van der Waals surface area contributed by atoms with E-state index in [-0.39, 0.29) is 10.7 Å². The van der Waals surface area contributed by atoms with Gasteiger partial charge in [-0.3, -0.25) is 19.8 Å². The molecule has 0 bridgehead atoms.